The van der Waals surface area contributed by atoms with E-state index in [0.29, 0.717) is 12.8 Å². The summed E-state index contributed by atoms with van der Waals surface area (Å²) in [6.45, 7) is -0.358. The molecule has 2 heterocycles. The molecule has 2 amide bonds. The molecule has 2 aromatic carbocycles. The Hall–Kier alpha value is -6.10. The van der Waals surface area contributed by atoms with Crippen molar-refractivity contribution in [1.82, 2.24) is 42.2 Å². The number of benzene rings is 2. The quantitative estimate of drug-likeness (QED) is 0.0470. The van der Waals surface area contributed by atoms with Crippen LogP contribution in [0, 0.1) is 11.6 Å². The third-order valence-corrected chi connectivity index (χ3v) is 8.22. The van der Waals surface area contributed by atoms with Crippen molar-refractivity contribution in [3.63, 3.8) is 0 Å². The first-order valence-electron chi connectivity index (χ1n) is 16.7. The number of hydrogen-bond acceptors (Lipinski definition) is 16. The van der Waals surface area contributed by atoms with Gasteiger partial charge in [-0.1, -0.05) is 12.1 Å². The van der Waals surface area contributed by atoms with Gasteiger partial charge in [0.25, 0.3) is 0 Å². The van der Waals surface area contributed by atoms with Crippen LogP contribution in [0.4, 0.5) is 20.4 Å². The highest BCUT2D eigenvalue weighted by atomic mass is 19.1. The van der Waals surface area contributed by atoms with Crippen LogP contribution in [-0.4, -0.2) is 104 Å². The highest BCUT2D eigenvalue weighted by Crippen LogP contribution is 2.36. The molecule has 0 radical (unpaired) electrons. The number of amides is 2. The van der Waals surface area contributed by atoms with Gasteiger partial charge in [-0.25, -0.2) is 18.0 Å². The molecule has 0 bridgehead atoms. The van der Waals surface area contributed by atoms with Crippen molar-refractivity contribution in [3.05, 3.63) is 81.7 Å². The van der Waals surface area contributed by atoms with Crippen molar-refractivity contribution in [3.8, 4) is 0 Å². The summed E-state index contributed by atoms with van der Waals surface area (Å²) in [5, 5.41) is 61.4. The molecule has 22 heteroatoms. The number of rotatable bonds is 14. The van der Waals surface area contributed by atoms with E-state index in [1.54, 1.807) is 12.1 Å². The SMILES string of the molecule is O=C(CNc1nonc1C(=N[C@@H]1CCc2ccc(F)cc21)NO)NCCO.O=C(CNc1nonc1C(=N[C@H]1CCc2ccc(F)cc21)NO)NCCO. The highest BCUT2D eigenvalue weighted by molar-refractivity contribution is 6.01. The summed E-state index contributed by atoms with van der Waals surface area (Å²) >= 11 is 0. The van der Waals surface area contributed by atoms with Crippen molar-refractivity contribution in [2.45, 2.75) is 37.8 Å². The fraction of sp³-hybridized carbons (Fsp3) is 0.375. The van der Waals surface area contributed by atoms with Crippen molar-refractivity contribution >= 4 is 35.1 Å². The first kappa shape index (κ1) is 39.1. The molecular formula is C32H38F2N12O8. The number of aliphatic hydroxyl groups is 2. The number of nitrogens with one attached hydrogen (secondary N) is 6. The Morgan fingerprint density at radius 1 is 0.704 bits per heavy atom. The fourth-order valence-corrected chi connectivity index (χ4v) is 5.73. The maximum atomic E-state index is 13.5. The van der Waals surface area contributed by atoms with E-state index in [9.17, 15) is 28.8 Å². The predicted octanol–water partition coefficient (Wildman–Crippen LogP) is 0.284. The van der Waals surface area contributed by atoms with Gasteiger partial charge >= 0.3 is 0 Å². The van der Waals surface area contributed by atoms with E-state index in [2.05, 4.69) is 61.1 Å². The third-order valence-electron chi connectivity index (χ3n) is 8.22. The summed E-state index contributed by atoms with van der Waals surface area (Å²) in [5.74, 6) is -1.27. The number of aromatic nitrogens is 4. The maximum Gasteiger partial charge on any atom is 0.239 e. The zero-order valence-electron chi connectivity index (χ0n) is 28.6. The number of fused-ring (bicyclic) bond motifs is 2. The van der Waals surface area contributed by atoms with Gasteiger partial charge in [0.05, 0.1) is 38.4 Å². The molecule has 54 heavy (non-hydrogen) atoms. The second-order valence-corrected chi connectivity index (χ2v) is 11.8. The minimum atomic E-state index is -0.367. The second-order valence-electron chi connectivity index (χ2n) is 11.8. The van der Waals surface area contributed by atoms with Crippen LogP contribution in [0.15, 0.2) is 55.6 Å². The van der Waals surface area contributed by atoms with E-state index in [4.69, 9.17) is 10.2 Å². The van der Waals surface area contributed by atoms with E-state index < -0.39 is 0 Å². The van der Waals surface area contributed by atoms with Crippen LogP contribution in [-0.2, 0) is 22.4 Å². The zero-order valence-corrected chi connectivity index (χ0v) is 28.6. The van der Waals surface area contributed by atoms with E-state index in [-0.39, 0.29) is 110 Å². The normalized spacial score (nSPS) is 16.1. The Balaban J connectivity index is 0.000000208. The summed E-state index contributed by atoms with van der Waals surface area (Å²) in [5.41, 5.74) is 7.57. The molecular weight excluding hydrogens is 718 g/mol. The second kappa shape index (κ2) is 19.1. The zero-order chi connectivity index (χ0) is 38.5. The number of halogens is 2. The van der Waals surface area contributed by atoms with Gasteiger partial charge in [-0.3, -0.25) is 40.9 Å². The van der Waals surface area contributed by atoms with Gasteiger partial charge < -0.3 is 31.5 Å². The number of anilines is 2. The Labute approximate surface area is 305 Å². The standard InChI is InChI=1S/2C16H19FN6O4/c2*17-10-3-1-9-2-4-12(11(9)7-10)20-16(21-26)14-15(23-27-22-14)19-8-13(25)18-5-6-24/h2*1,3,7,12,24,26H,2,4-6,8H2,(H,18,25)(H,19,23)(H,20,21)/t2*12-/m10/s1. The van der Waals surface area contributed by atoms with Crippen LogP contribution in [0.5, 0.6) is 0 Å². The first-order valence-corrected chi connectivity index (χ1v) is 16.7. The molecule has 6 rings (SSSR count). The number of hydrogen-bond donors (Lipinski definition) is 10. The molecule has 2 aliphatic carbocycles. The van der Waals surface area contributed by atoms with Crippen LogP contribution in [0.1, 0.15) is 58.6 Å². The van der Waals surface area contributed by atoms with E-state index in [0.717, 1.165) is 35.1 Å². The van der Waals surface area contributed by atoms with Gasteiger partial charge in [0, 0.05) is 13.1 Å². The molecule has 0 saturated carbocycles. The number of hydroxylamine groups is 2. The Morgan fingerprint density at radius 2 is 1.13 bits per heavy atom. The topological polar surface area (TPSA) is 290 Å². The molecule has 0 saturated heterocycles. The van der Waals surface area contributed by atoms with Gasteiger partial charge in [-0.15, -0.1) is 0 Å². The molecule has 10 N–H and O–H groups in total. The summed E-state index contributed by atoms with van der Waals surface area (Å²) in [6, 6.07) is 8.40. The summed E-state index contributed by atoms with van der Waals surface area (Å²) in [6.07, 6.45) is 2.80. The van der Waals surface area contributed by atoms with Crippen molar-refractivity contribution < 1.29 is 48.3 Å². The number of aryl methyl sites for hydroxylation is 2. The molecule has 2 atom stereocenters. The average molecular weight is 757 g/mol. The predicted molar refractivity (Wildman–Crippen MR) is 184 cm³/mol. The molecule has 0 aliphatic heterocycles. The molecule has 288 valence electrons. The summed E-state index contributed by atoms with van der Waals surface area (Å²) < 4.78 is 36.4. The first-order chi connectivity index (χ1) is 26.2. The van der Waals surface area contributed by atoms with Gasteiger partial charge in [0.15, 0.2) is 23.1 Å². The van der Waals surface area contributed by atoms with Gasteiger partial charge in [-0.05, 0) is 92.8 Å². The molecule has 4 aromatic rings. The molecule has 0 spiro atoms. The lowest BCUT2D eigenvalue weighted by atomic mass is 10.1. The van der Waals surface area contributed by atoms with Crippen molar-refractivity contribution in [2.75, 3.05) is 50.0 Å². The van der Waals surface area contributed by atoms with E-state index in [1.807, 2.05) is 11.0 Å². The van der Waals surface area contributed by atoms with Crippen LogP contribution in [0.2, 0.25) is 0 Å². The lowest BCUT2D eigenvalue weighted by Crippen LogP contribution is -2.32. The van der Waals surface area contributed by atoms with Crippen molar-refractivity contribution in [1.29, 1.82) is 0 Å². The third kappa shape index (κ3) is 10.1. The lowest BCUT2D eigenvalue weighted by Gasteiger charge is -2.10. The molecule has 20 nitrogen and oxygen atoms in total. The van der Waals surface area contributed by atoms with Gasteiger partial charge in [0.1, 0.15) is 11.6 Å². The number of aliphatic imine (C=N–C) groups is 2. The number of nitrogens with zero attached hydrogens (tertiary/aromatic N) is 6. The summed E-state index contributed by atoms with van der Waals surface area (Å²) in [7, 11) is 0. The Kier molecular flexibility index (Phi) is 13.8. The number of aliphatic hydroxyl groups excluding tert-OH is 2. The minimum Gasteiger partial charge on any atom is -0.395 e. The largest absolute Gasteiger partial charge is 0.395 e. The molecule has 0 unspecified atom stereocenters. The van der Waals surface area contributed by atoms with E-state index >= 15 is 0 Å². The lowest BCUT2D eigenvalue weighted by molar-refractivity contribution is -0.120. The highest BCUT2D eigenvalue weighted by Gasteiger charge is 2.27. The van der Waals surface area contributed by atoms with E-state index in [1.165, 1.54) is 24.3 Å². The fourth-order valence-electron chi connectivity index (χ4n) is 5.73. The molecule has 0 fully saturated rings. The van der Waals surface area contributed by atoms with Crippen LogP contribution in [0.25, 0.3) is 0 Å². The molecule has 2 aliphatic rings. The monoisotopic (exact) mass is 756 g/mol. The molecule has 2 aromatic heterocycles. The summed E-state index contributed by atoms with van der Waals surface area (Å²) in [4.78, 5) is 32.0. The minimum absolute atomic E-state index is 0.0170. The van der Waals surface area contributed by atoms with Crippen LogP contribution >= 0.6 is 0 Å². The Morgan fingerprint density at radius 3 is 1.52 bits per heavy atom. The van der Waals surface area contributed by atoms with Crippen LogP contribution in [0.3, 0.4) is 0 Å². The average Bonchev–Trinajstić information content (AvgIpc) is 4.00. The Bertz CT molecular complexity index is 1820. The van der Waals surface area contributed by atoms with Gasteiger partial charge in [-0.2, -0.15) is 0 Å². The smallest absolute Gasteiger partial charge is 0.239 e. The van der Waals surface area contributed by atoms with Crippen molar-refractivity contribution in [2.24, 2.45) is 9.98 Å². The van der Waals surface area contributed by atoms with Gasteiger partial charge in [0.2, 0.25) is 23.5 Å². The number of carbonyl (C=O) groups is 2. The number of amidine groups is 2. The maximum absolute atomic E-state index is 13.5. The van der Waals surface area contributed by atoms with Crippen LogP contribution < -0.4 is 32.2 Å². The number of carbonyl (C=O) groups excluding carboxylic acids is 2.